The van der Waals surface area contributed by atoms with Crippen LogP contribution < -0.4 is 4.74 Å². The zero-order chi connectivity index (χ0) is 27.0. The predicted octanol–water partition coefficient (Wildman–Crippen LogP) is 4.89. The molecular weight excluding hydrogens is 504 g/mol. The summed E-state index contributed by atoms with van der Waals surface area (Å²) in [5.74, 6) is 0.583. The first-order chi connectivity index (χ1) is 18.4. The second-order valence-corrected chi connectivity index (χ2v) is 10.9. The molecule has 0 fully saturated rings. The molecule has 0 N–H and O–H groups in total. The molecule has 8 nitrogen and oxygen atoms in total. The first kappa shape index (κ1) is 27.2. The Hall–Kier alpha value is -3.85. The lowest BCUT2D eigenvalue weighted by Crippen LogP contribution is -2.32. The summed E-state index contributed by atoms with van der Waals surface area (Å²) in [5.41, 5.74) is 2.47. The van der Waals surface area contributed by atoms with Gasteiger partial charge >= 0.3 is 6.09 Å². The van der Waals surface area contributed by atoms with Crippen LogP contribution in [0.5, 0.6) is 5.75 Å². The van der Waals surface area contributed by atoms with Gasteiger partial charge in [0.2, 0.25) is 0 Å². The number of aryl methyl sites for hydroxylation is 1. The van der Waals surface area contributed by atoms with Gasteiger partial charge in [-0.15, -0.1) is 0 Å². The van der Waals surface area contributed by atoms with Crippen LogP contribution in [0, 0.1) is 0 Å². The van der Waals surface area contributed by atoms with E-state index in [2.05, 4.69) is 12.1 Å². The van der Waals surface area contributed by atoms with Crippen LogP contribution in [0.1, 0.15) is 40.7 Å². The number of carbonyl (C=O) groups excluding carboxylic acids is 2. The normalized spacial score (nSPS) is 14.9. The second-order valence-electron chi connectivity index (χ2n) is 9.11. The number of amides is 2. The topological polar surface area (TPSA) is 93.2 Å². The Morgan fingerprint density at radius 1 is 0.974 bits per heavy atom. The zero-order valence-corrected chi connectivity index (χ0v) is 22.2. The molecule has 2 heterocycles. The number of rotatable bonds is 7. The maximum Gasteiger partial charge on any atom is 0.409 e. The lowest BCUT2D eigenvalue weighted by molar-refractivity contribution is 0.0864. The van der Waals surface area contributed by atoms with E-state index in [9.17, 15) is 18.0 Å². The maximum absolute atomic E-state index is 12.5. The fourth-order valence-electron chi connectivity index (χ4n) is 4.27. The molecule has 0 atom stereocenters. The largest absolute Gasteiger partial charge is 0.493 e. The third-order valence-corrected chi connectivity index (χ3v) is 8.19. The Labute approximate surface area is 223 Å². The van der Waals surface area contributed by atoms with Crippen molar-refractivity contribution < 1.29 is 27.5 Å². The number of hydrogen-bond donors (Lipinski definition) is 0. The number of benzene rings is 3. The van der Waals surface area contributed by atoms with Crippen molar-refractivity contribution in [2.75, 3.05) is 26.7 Å². The van der Waals surface area contributed by atoms with Crippen molar-refractivity contribution in [3.05, 3.63) is 95.6 Å². The van der Waals surface area contributed by atoms with E-state index >= 15 is 0 Å². The first-order valence-corrected chi connectivity index (χ1v) is 14.1. The monoisotopic (exact) mass is 536 g/mol. The molecule has 0 bridgehead atoms. The SMILES string of the molecule is CN(CCCCN1C(=O)c2ccccc2S1(=O)=O)C(=O)OCc1ccccc1.c1ccc2c(c1)CCCO2. The molecule has 0 aromatic heterocycles. The average Bonchev–Trinajstić information content (AvgIpc) is 3.15. The molecule has 38 heavy (non-hydrogen) atoms. The van der Waals surface area contributed by atoms with Crippen molar-refractivity contribution in [2.45, 2.75) is 37.2 Å². The van der Waals surface area contributed by atoms with E-state index in [1.807, 2.05) is 42.5 Å². The average molecular weight is 537 g/mol. The molecule has 3 aromatic rings. The molecule has 0 unspecified atom stereocenters. The van der Waals surface area contributed by atoms with Crippen LogP contribution in [0.3, 0.4) is 0 Å². The number of para-hydroxylation sites is 1. The van der Waals surface area contributed by atoms with Gasteiger partial charge in [0.1, 0.15) is 17.3 Å². The number of hydrogen-bond acceptors (Lipinski definition) is 6. The number of nitrogens with zero attached hydrogens (tertiary/aromatic N) is 2. The van der Waals surface area contributed by atoms with Crippen molar-refractivity contribution in [3.8, 4) is 5.75 Å². The van der Waals surface area contributed by atoms with E-state index < -0.39 is 22.0 Å². The molecule has 0 spiro atoms. The Kier molecular flexibility index (Phi) is 9.02. The molecule has 2 amide bonds. The fraction of sp³-hybridized carbons (Fsp3) is 0.310. The van der Waals surface area contributed by atoms with Crippen LogP contribution >= 0.6 is 0 Å². The van der Waals surface area contributed by atoms with Gasteiger partial charge in [0, 0.05) is 20.1 Å². The van der Waals surface area contributed by atoms with Crippen LogP contribution in [0.15, 0.2) is 83.8 Å². The van der Waals surface area contributed by atoms with E-state index in [1.54, 1.807) is 19.2 Å². The van der Waals surface area contributed by atoms with Crippen LogP contribution in [0.4, 0.5) is 4.79 Å². The highest BCUT2D eigenvalue weighted by Gasteiger charge is 2.40. The summed E-state index contributed by atoms with van der Waals surface area (Å²) in [6, 6.07) is 23.8. The third kappa shape index (κ3) is 6.52. The van der Waals surface area contributed by atoms with Gasteiger partial charge in [-0.25, -0.2) is 17.5 Å². The number of fused-ring (bicyclic) bond motifs is 2. The fourth-order valence-corrected chi connectivity index (χ4v) is 5.88. The molecule has 9 heteroatoms. The Balaban J connectivity index is 0.000000278. The van der Waals surface area contributed by atoms with Crippen molar-refractivity contribution in [3.63, 3.8) is 0 Å². The van der Waals surface area contributed by atoms with Crippen molar-refractivity contribution in [1.82, 2.24) is 9.21 Å². The van der Waals surface area contributed by atoms with Gasteiger partial charge < -0.3 is 14.4 Å². The van der Waals surface area contributed by atoms with E-state index in [1.165, 1.54) is 29.0 Å². The van der Waals surface area contributed by atoms with Crippen LogP contribution in [0.25, 0.3) is 0 Å². The quantitative estimate of drug-likeness (QED) is 0.399. The van der Waals surface area contributed by atoms with E-state index in [-0.39, 0.29) is 23.6 Å². The predicted molar refractivity (Wildman–Crippen MR) is 143 cm³/mol. The van der Waals surface area contributed by atoms with E-state index in [0.717, 1.165) is 28.6 Å². The minimum absolute atomic E-state index is 0.0570. The zero-order valence-electron chi connectivity index (χ0n) is 21.4. The molecule has 2 aliphatic rings. The molecule has 5 rings (SSSR count). The molecule has 2 aliphatic heterocycles. The van der Waals surface area contributed by atoms with Gasteiger partial charge in [-0.1, -0.05) is 60.7 Å². The van der Waals surface area contributed by atoms with Gasteiger partial charge in [0.05, 0.1) is 12.2 Å². The number of unbranched alkanes of at least 4 members (excludes halogenated alkanes) is 1. The number of ether oxygens (including phenoxy) is 2. The molecule has 0 saturated carbocycles. The van der Waals surface area contributed by atoms with Gasteiger partial charge in [0.25, 0.3) is 15.9 Å². The summed E-state index contributed by atoms with van der Waals surface area (Å²) in [5, 5.41) is 0. The molecule has 0 radical (unpaired) electrons. The Morgan fingerprint density at radius 2 is 1.68 bits per heavy atom. The molecule has 3 aromatic carbocycles. The van der Waals surface area contributed by atoms with Crippen molar-refractivity contribution >= 4 is 22.0 Å². The summed E-state index contributed by atoms with van der Waals surface area (Å²) in [6.07, 6.45) is 2.90. The minimum atomic E-state index is -3.77. The maximum atomic E-state index is 12.5. The second kappa shape index (κ2) is 12.6. The molecule has 0 saturated heterocycles. The van der Waals surface area contributed by atoms with Crippen molar-refractivity contribution in [2.24, 2.45) is 0 Å². The van der Waals surface area contributed by atoms with E-state index in [0.29, 0.717) is 19.4 Å². The summed E-state index contributed by atoms with van der Waals surface area (Å²) < 4.78 is 36.5. The van der Waals surface area contributed by atoms with E-state index in [4.69, 9.17) is 9.47 Å². The Bertz CT molecular complexity index is 1340. The summed E-state index contributed by atoms with van der Waals surface area (Å²) in [6.45, 7) is 1.57. The smallest absolute Gasteiger partial charge is 0.409 e. The highest BCUT2D eigenvalue weighted by Crippen LogP contribution is 2.30. The van der Waals surface area contributed by atoms with Gasteiger partial charge in [-0.2, -0.15) is 0 Å². The van der Waals surface area contributed by atoms with Gasteiger partial charge in [0.15, 0.2) is 0 Å². The standard InChI is InChI=1S/C20H22N2O5S.C9H10O/c1-21(20(24)27-15-16-9-3-2-4-10-16)13-7-8-14-22-19(23)17-11-5-6-12-18(17)28(22,25)26;1-2-6-9-8(4-1)5-3-7-10-9/h2-6,9-12H,7-8,13-15H2,1H3;1-2,4,6H,3,5,7H2. The lowest BCUT2D eigenvalue weighted by atomic mass is 10.1. The Morgan fingerprint density at radius 3 is 2.45 bits per heavy atom. The van der Waals surface area contributed by atoms with Crippen LogP contribution in [-0.4, -0.2) is 56.4 Å². The molecular formula is C29H32N2O6S. The first-order valence-electron chi connectivity index (χ1n) is 12.7. The van der Waals surface area contributed by atoms with Crippen LogP contribution in [-0.2, 0) is 27.8 Å². The van der Waals surface area contributed by atoms with Gasteiger partial charge in [-0.05, 0) is 55.0 Å². The van der Waals surface area contributed by atoms with Gasteiger partial charge in [-0.3, -0.25) is 4.79 Å². The highest BCUT2D eigenvalue weighted by molar-refractivity contribution is 7.90. The lowest BCUT2D eigenvalue weighted by Gasteiger charge is -2.18. The summed E-state index contributed by atoms with van der Waals surface area (Å²) in [4.78, 5) is 25.8. The minimum Gasteiger partial charge on any atom is -0.493 e. The van der Waals surface area contributed by atoms with Crippen LogP contribution in [0.2, 0.25) is 0 Å². The summed E-state index contributed by atoms with van der Waals surface area (Å²) >= 11 is 0. The third-order valence-electron chi connectivity index (χ3n) is 6.35. The molecule has 200 valence electrons. The number of sulfonamides is 1. The highest BCUT2D eigenvalue weighted by atomic mass is 32.2. The molecule has 0 aliphatic carbocycles. The summed E-state index contributed by atoms with van der Waals surface area (Å²) in [7, 11) is -2.15. The van der Waals surface area contributed by atoms with Crippen molar-refractivity contribution in [1.29, 1.82) is 0 Å². The number of carbonyl (C=O) groups is 2.